The van der Waals surface area contributed by atoms with E-state index in [4.69, 9.17) is 0 Å². The van der Waals surface area contributed by atoms with Crippen molar-refractivity contribution in [1.29, 1.82) is 0 Å². The van der Waals surface area contributed by atoms with Crippen LogP contribution in [0.3, 0.4) is 0 Å². The third kappa shape index (κ3) is 4.28. The fourth-order valence-electron chi connectivity index (χ4n) is 1.55. The lowest BCUT2D eigenvalue weighted by molar-refractivity contribution is 0.227. The van der Waals surface area contributed by atoms with Crippen molar-refractivity contribution in [2.75, 3.05) is 26.2 Å². The lowest BCUT2D eigenvalue weighted by Crippen LogP contribution is -2.31. The number of nitrogens with zero attached hydrogens (tertiary/aromatic N) is 1. The first kappa shape index (κ1) is 9.74. The minimum absolute atomic E-state index is 1.15. The van der Waals surface area contributed by atoms with Gasteiger partial charge in [0.05, 0.1) is 0 Å². The summed E-state index contributed by atoms with van der Waals surface area (Å²) < 4.78 is 3.15. The van der Waals surface area contributed by atoms with Crippen molar-refractivity contribution in [2.45, 2.75) is 25.7 Å². The third-order valence-corrected chi connectivity index (χ3v) is 2.73. The molecule has 11 heavy (non-hydrogen) atoms. The topological polar surface area (TPSA) is 15.3 Å². The van der Waals surface area contributed by atoms with Gasteiger partial charge in [0.1, 0.15) is 0 Å². The normalized spacial score (nSPS) is 20.5. The maximum absolute atomic E-state index is 3.15. The van der Waals surface area contributed by atoms with Crippen LogP contribution in [0.5, 0.6) is 0 Å². The van der Waals surface area contributed by atoms with E-state index in [1.54, 1.807) is 0 Å². The summed E-state index contributed by atoms with van der Waals surface area (Å²) in [6.07, 6.45) is 5.57. The molecule has 1 N–H and O–H groups in total. The first-order chi connectivity index (χ1) is 5.43. The van der Waals surface area contributed by atoms with E-state index < -0.39 is 0 Å². The van der Waals surface area contributed by atoms with E-state index >= 15 is 0 Å². The third-order valence-electron chi connectivity index (χ3n) is 2.19. The number of piperidine rings is 1. The molecule has 0 aliphatic carbocycles. The lowest BCUT2D eigenvalue weighted by Gasteiger charge is -2.26. The van der Waals surface area contributed by atoms with Crippen LogP contribution in [0, 0.1) is 0 Å². The molecule has 0 spiro atoms. The van der Waals surface area contributed by atoms with Crippen molar-refractivity contribution in [3.8, 4) is 0 Å². The zero-order valence-electron chi connectivity index (χ0n) is 6.98. The highest BCUT2D eigenvalue weighted by atomic mass is 127. The summed E-state index contributed by atoms with van der Waals surface area (Å²) in [6.45, 7) is 5.11. The summed E-state index contributed by atoms with van der Waals surface area (Å²) in [5.41, 5.74) is 0. The first-order valence-corrected chi connectivity index (χ1v) is 5.57. The molecule has 1 saturated heterocycles. The minimum atomic E-state index is 1.15. The second-order valence-corrected chi connectivity index (χ2v) is 3.90. The molecule has 0 amide bonds. The molecule has 1 heterocycles. The highest BCUT2D eigenvalue weighted by Gasteiger charge is 2.08. The molecule has 1 rings (SSSR count). The SMILES string of the molecule is INCCCN1CCCCC1. The Morgan fingerprint density at radius 3 is 2.55 bits per heavy atom. The van der Waals surface area contributed by atoms with Crippen LogP contribution in [-0.2, 0) is 0 Å². The average molecular weight is 268 g/mol. The number of hydrogen-bond donors (Lipinski definition) is 1. The van der Waals surface area contributed by atoms with Crippen molar-refractivity contribution in [1.82, 2.24) is 8.43 Å². The van der Waals surface area contributed by atoms with E-state index in [0.717, 1.165) is 6.54 Å². The van der Waals surface area contributed by atoms with Crippen molar-refractivity contribution in [3.63, 3.8) is 0 Å². The Labute approximate surface area is 83.2 Å². The Balaban J connectivity index is 1.96. The molecule has 0 bridgehead atoms. The first-order valence-electron chi connectivity index (χ1n) is 4.49. The smallest absolute Gasteiger partial charge is 0.0169 e. The summed E-state index contributed by atoms with van der Waals surface area (Å²) in [4.78, 5) is 2.58. The number of hydrogen-bond acceptors (Lipinski definition) is 2. The number of rotatable bonds is 4. The van der Waals surface area contributed by atoms with Crippen LogP contribution in [-0.4, -0.2) is 31.1 Å². The van der Waals surface area contributed by atoms with Gasteiger partial charge in [-0.05, 0) is 38.9 Å². The molecule has 1 aliphatic rings. The molecule has 0 aromatic carbocycles. The zero-order valence-corrected chi connectivity index (χ0v) is 9.14. The predicted octanol–water partition coefficient (Wildman–Crippen LogP) is 1.80. The minimum Gasteiger partial charge on any atom is -0.303 e. The predicted molar refractivity (Wildman–Crippen MR) is 56.9 cm³/mol. The van der Waals surface area contributed by atoms with Crippen LogP contribution < -0.4 is 3.53 Å². The molecule has 0 atom stereocenters. The van der Waals surface area contributed by atoms with Crippen LogP contribution >= 0.6 is 22.9 Å². The van der Waals surface area contributed by atoms with Gasteiger partial charge < -0.3 is 4.90 Å². The highest BCUT2D eigenvalue weighted by Crippen LogP contribution is 2.08. The number of nitrogens with one attached hydrogen (secondary N) is 1. The number of likely N-dealkylation sites (tertiary alicyclic amines) is 1. The van der Waals surface area contributed by atoms with E-state index in [9.17, 15) is 0 Å². The summed E-state index contributed by atoms with van der Waals surface area (Å²) in [5.74, 6) is 0. The molecule has 0 aromatic rings. The summed E-state index contributed by atoms with van der Waals surface area (Å²) >= 11 is 2.21. The largest absolute Gasteiger partial charge is 0.303 e. The van der Waals surface area contributed by atoms with Crippen LogP contribution in [0.4, 0.5) is 0 Å². The molecule has 0 radical (unpaired) electrons. The Kier molecular flexibility index (Phi) is 5.49. The maximum atomic E-state index is 3.15. The fraction of sp³-hybridized carbons (Fsp3) is 1.00. The second-order valence-electron chi connectivity index (χ2n) is 3.14. The molecule has 0 aromatic heterocycles. The van der Waals surface area contributed by atoms with Gasteiger partial charge in [-0.2, -0.15) is 0 Å². The fourth-order valence-corrected chi connectivity index (χ4v) is 1.93. The Morgan fingerprint density at radius 2 is 1.91 bits per heavy atom. The van der Waals surface area contributed by atoms with Gasteiger partial charge in [0.2, 0.25) is 0 Å². The van der Waals surface area contributed by atoms with Gasteiger partial charge in [-0.25, -0.2) is 0 Å². The lowest BCUT2D eigenvalue weighted by atomic mass is 10.1. The summed E-state index contributed by atoms with van der Waals surface area (Å²) in [6, 6.07) is 0. The van der Waals surface area contributed by atoms with E-state index in [-0.39, 0.29) is 0 Å². The van der Waals surface area contributed by atoms with Gasteiger partial charge in [-0.1, -0.05) is 6.42 Å². The molecule has 1 aliphatic heterocycles. The standard InChI is InChI=1S/C8H17IN2/c9-10-5-4-8-11-6-2-1-3-7-11/h10H,1-8H2. The monoisotopic (exact) mass is 268 g/mol. The Hall–Kier alpha value is 0.650. The molecule has 0 unspecified atom stereocenters. The van der Waals surface area contributed by atoms with Gasteiger partial charge >= 0.3 is 0 Å². The second kappa shape index (κ2) is 6.20. The quantitative estimate of drug-likeness (QED) is 0.475. The Bertz CT molecular complexity index is 92.1. The van der Waals surface area contributed by atoms with Gasteiger partial charge in [0.25, 0.3) is 0 Å². The molecular weight excluding hydrogens is 251 g/mol. The highest BCUT2D eigenvalue weighted by molar-refractivity contribution is 14.1. The van der Waals surface area contributed by atoms with Crippen molar-refractivity contribution < 1.29 is 0 Å². The van der Waals surface area contributed by atoms with Crippen molar-refractivity contribution in [3.05, 3.63) is 0 Å². The molecule has 1 fully saturated rings. The van der Waals surface area contributed by atoms with Crippen molar-refractivity contribution in [2.24, 2.45) is 0 Å². The van der Waals surface area contributed by atoms with Crippen LogP contribution in [0.15, 0.2) is 0 Å². The molecular formula is C8H17IN2. The molecule has 66 valence electrons. The van der Waals surface area contributed by atoms with Crippen LogP contribution in [0.25, 0.3) is 0 Å². The average Bonchev–Trinajstić information content (AvgIpc) is 2.07. The van der Waals surface area contributed by atoms with E-state index in [2.05, 4.69) is 31.3 Å². The zero-order chi connectivity index (χ0) is 7.94. The van der Waals surface area contributed by atoms with E-state index in [1.165, 1.54) is 45.3 Å². The molecule has 2 nitrogen and oxygen atoms in total. The van der Waals surface area contributed by atoms with E-state index in [0.29, 0.717) is 0 Å². The Morgan fingerprint density at radius 1 is 1.18 bits per heavy atom. The molecule has 3 heteroatoms. The van der Waals surface area contributed by atoms with Crippen LogP contribution in [0.2, 0.25) is 0 Å². The number of halogens is 1. The summed E-state index contributed by atoms with van der Waals surface area (Å²) in [7, 11) is 0. The van der Waals surface area contributed by atoms with Gasteiger partial charge in [0, 0.05) is 29.4 Å². The molecule has 0 saturated carbocycles. The van der Waals surface area contributed by atoms with Crippen LogP contribution in [0.1, 0.15) is 25.7 Å². The van der Waals surface area contributed by atoms with Crippen molar-refractivity contribution >= 4 is 22.9 Å². The van der Waals surface area contributed by atoms with E-state index in [1.807, 2.05) is 0 Å². The van der Waals surface area contributed by atoms with Gasteiger partial charge in [-0.15, -0.1) is 0 Å². The van der Waals surface area contributed by atoms with Gasteiger partial charge in [0.15, 0.2) is 0 Å². The summed E-state index contributed by atoms with van der Waals surface area (Å²) in [5, 5.41) is 0. The van der Waals surface area contributed by atoms with Gasteiger partial charge in [-0.3, -0.25) is 3.53 Å². The maximum Gasteiger partial charge on any atom is 0.0169 e.